The zero-order valence-electron chi connectivity index (χ0n) is 10.0. The van der Waals surface area contributed by atoms with Crippen LogP contribution in [0.1, 0.15) is 22.8 Å². The van der Waals surface area contributed by atoms with Crippen molar-refractivity contribution in [2.24, 2.45) is 0 Å². The minimum Gasteiger partial charge on any atom is -0.457 e. The molecule has 0 spiro atoms. The van der Waals surface area contributed by atoms with Crippen molar-refractivity contribution in [2.45, 2.75) is 13.3 Å². The van der Waals surface area contributed by atoms with E-state index < -0.39 is 5.24 Å². The highest BCUT2D eigenvalue weighted by Gasteiger charge is 2.10. The molecule has 2 aromatic rings. The van der Waals surface area contributed by atoms with Gasteiger partial charge in [-0.15, -0.1) is 0 Å². The number of aryl methyl sites for hydroxylation is 1. The second-order valence-corrected chi connectivity index (χ2v) is 4.22. The topological polar surface area (TPSA) is 26.3 Å². The van der Waals surface area contributed by atoms with E-state index in [-0.39, 0.29) is 0 Å². The lowest BCUT2D eigenvalue weighted by molar-refractivity contribution is 0.107. The fourth-order valence-corrected chi connectivity index (χ4v) is 1.83. The quantitative estimate of drug-likeness (QED) is 0.761. The molecule has 0 fully saturated rings. The van der Waals surface area contributed by atoms with Crippen molar-refractivity contribution < 1.29 is 9.53 Å². The summed E-state index contributed by atoms with van der Waals surface area (Å²) in [6, 6.07) is 14.7. The summed E-state index contributed by atoms with van der Waals surface area (Å²) < 4.78 is 5.71. The van der Waals surface area contributed by atoms with Gasteiger partial charge in [-0.25, -0.2) is 0 Å². The van der Waals surface area contributed by atoms with Gasteiger partial charge >= 0.3 is 0 Å². The minimum absolute atomic E-state index is 0.376. The predicted molar refractivity (Wildman–Crippen MR) is 72.5 cm³/mol. The third-order valence-corrected chi connectivity index (χ3v) is 2.84. The van der Waals surface area contributed by atoms with Gasteiger partial charge in [-0.1, -0.05) is 31.2 Å². The number of rotatable bonds is 4. The van der Waals surface area contributed by atoms with Gasteiger partial charge in [0.05, 0.1) is 5.56 Å². The zero-order chi connectivity index (χ0) is 13.0. The molecule has 18 heavy (non-hydrogen) atoms. The van der Waals surface area contributed by atoms with Gasteiger partial charge in [-0.05, 0) is 47.9 Å². The lowest BCUT2D eigenvalue weighted by Gasteiger charge is -2.09. The van der Waals surface area contributed by atoms with Gasteiger partial charge in [0.15, 0.2) is 0 Å². The SMILES string of the molecule is CCc1cccc(Oc2ccccc2C(=O)Cl)c1. The standard InChI is InChI=1S/C15H13ClO2/c1-2-11-6-5-7-12(10-11)18-14-9-4-3-8-13(14)15(16)17/h3-10H,2H2,1H3. The summed E-state index contributed by atoms with van der Waals surface area (Å²) in [4.78, 5) is 11.3. The summed E-state index contributed by atoms with van der Waals surface area (Å²) in [5.41, 5.74) is 1.56. The van der Waals surface area contributed by atoms with Crippen LogP contribution < -0.4 is 4.74 Å². The minimum atomic E-state index is -0.516. The molecule has 0 aliphatic rings. The van der Waals surface area contributed by atoms with Gasteiger partial charge < -0.3 is 4.74 Å². The molecule has 0 heterocycles. The Balaban J connectivity index is 2.31. The van der Waals surface area contributed by atoms with E-state index in [0.29, 0.717) is 17.1 Å². The van der Waals surface area contributed by atoms with Crippen LogP contribution in [-0.4, -0.2) is 5.24 Å². The molecule has 0 atom stereocenters. The number of ether oxygens (including phenoxy) is 1. The van der Waals surface area contributed by atoms with Crippen LogP contribution in [0.15, 0.2) is 48.5 Å². The third kappa shape index (κ3) is 2.90. The van der Waals surface area contributed by atoms with Crippen LogP contribution in [0.5, 0.6) is 11.5 Å². The van der Waals surface area contributed by atoms with Crippen LogP contribution in [-0.2, 0) is 6.42 Å². The molecule has 0 aliphatic carbocycles. The normalized spacial score (nSPS) is 10.1. The van der Waals surface area contributed by atoms with Crippen molar-refractivity contribution >= 4 is 16.8 Å². The number of carbonyl (C=O) groups excluding carboxylic acids is 1. The Hall–Kier alpha value is -1.80. The van der Waals surface area contributed by atoms with Crippen LogP contribution in [0.25, 0.3) is 0 Å². The van der Waals surface area contributed by atoms with Crippen LogP contribution in [0.2, 0.25) is 0 Å². The second-order valence-electron chi connectivity index (χ2n) is 3.87. The Kier molecular flexibility index (Phi) is 4.00. The summed E-state index contributed by atoms with van der Waals surface area (Å²) in [5.74, 6) is 1.19. The Morgan fingerprint density at radius 2 is 1.94 bits per heavy atom. The van der Waals surface area contributed by atoms with Crippen molar-refractivity contribution in [3.63, 3.8) is 0 Å². The maximum Gasteiger partial charge on any atom is 0.256 e. The van der Waals surface area contributed by atoms with Gasteiger partial charge in [0.25, 0.3) is 5.24 Å². The predicted octanol–water partition coefficient (Wildman–Crippen LogP) is 4.42. The molecule has 0 amide bonds. The van der Waals surface area contributed by atoms with E-state index in [2.05, 4.69) is 6.92 Å². The van der Waals surface area contributed by atoms with Crippen molar-refractivity contribution in [2.75, 3.05) is 0 Å². The smallest absolute Gasteiger partial charge is 0.256 e. The number of carbonyl (C=O) groups is 1. The van der Waals surface area contributed by atoms with Crippen molar-refractivity contribution in [1.29, 1.82) is 0 Å². The number of para-hydroxylation sites is 1. The highest BCUT2D eigenvalue weighted by atomic mass is 35.5. The number of halogens is 1. The average Bonchev–Trinajstić information content (AvgIpc) is 2.39. The molecule has 0 N–H and O–H groups in total. The van der Waals surface area contributed by atoms with Crippen molar-refractivity contribution in [3.05, 3.63) is 59.7 Å². The Bertz CT molecular complexity index is 564. The van der Waals surface area contributed by atoms with E-state index in [0.717, 1.165) is 6.42 Å². The maximum absolute atomic E-state index is 11.3. The lowest BCUT2D eigenvalue weighted by Crippen LogP contribution is -1.94. The molecule has 0 saturated heterocycles. The van der Waals surface area contributed by atoms with Crippen LogP contribution >= 0.6 is 11.6 Å². The molecule has 0 aromatic heterocycles. The number of hydrogen-bond donors (Lipinski definition) is 0. The van der Waals surface area contributed by atoms with Gasteiger partial charge in [0.2, 0.25) is 0 Å². The van der Waals surface area contributed by atoms with E-state index in [1.54, 1.807) is 18.2 Å². The first-order valence-corrected chi connectivity index (χ1v) is 6.14. The second kappa shape index (κ2) is 5.69. The van der Waals surface area contributed by atoms with Gasteiger partial charge in [0, 0.05) is 0 Å². The zero-order valence-corrected chi connectivity index (χ0v) is 10.8. The van der Waals surface area contributed by atoms with E-state index in [9.17, 15) is 4.79 Å². The van der Waals surface area contributed by atoms with Crippen molar-refractivity contribution in [3.8, 4) is 11.5 Å². The largest absolute Gasteiger partial charge is 0.457 e. The third-order valence-electron chi connectivity index (χ3n) is 2.63. The summed E-state index contributed by atoms with van der Waals surface area (Å²) >= 11 is 5.51. The number of hydrogen-bond acceptors (Lipinski definition) is 2. The fourth-order valence-electron chi connectivity index (χ4n) is 1.67. The summed E-state index contributed by atoms with van der Waals surface area (Å²) in [6.45, 7) is 2.08. The first kappa shape index (κ1) is 12.7. The summed E-state index contributed by atoms with van der Waals surface area (Å²) in [5, 5.41) is -0.516. The van der Waals surface area contributed by atoms with Crippen LogP contribution in [0, 0.1) is 0 Å². The van der Waals surface area contributed by atoms with Crippen molar-refractivity contribution in [1.82, 2.24) is 0 Å². The molecule has 2 aromatic carbocycles. The maximum atomic E-state index is 11.3. The first-order valence-electron chi connectivity index (χ1n) is 5.76. The molecule has 2 rings (SSSR count). The lowest BCUT2D eigenvalue weighted by atomic mass is 10.1. The Morgan fingerprint density at radius 3 is 2.67 bits per heavy atom. The monoisotopic (exact) mass is 260 g/mol. The first-order chi connectivity index (χ1) is 8.70. The summed E-state index contributed by atoms with van der Waals surface area (Å²) in [6.07, 6.45) is 0.938. The highest BCUT2D eigenvalue weighted by molar-refractivity contribution is 6.68. The van der Waals surface area contributed by atoms with E-state index in [1.165, 1.54) is 5.56 Å². The fraction of sp³-hybridized carbons (Fsp3) is 0.133. The number of benzene rings is 2. The average molecular weight is 261 g/mol. The molecule has 0 unspecified atom stereocenters. The molecule has 0 saturated carbocycles. The van der Waals surface area contributed by atoms with E-state index in [4.69, 9.17) is 16.3 Å². The Labute approximate surface area is 111 Å². The summed E-state index contributed by atoms with van der Waals surface area (Å²) in [7, 11) is 0. The van der Waals surface area contributed by atoms with Gasteiger partial charge in [-0.2, -0.15) is 0 Å². The molecule has 2 nitrogen and oxygen atoms in total. The molecule has 0 bridgehead atoms. The molecule has 92 valence electrons. The van der Waals surface area contributed by atoms with Gasteiger partial charge in [0.1, 0.15) is 11.5 Å². The van der Waals surface area contributed by atoms with Crippen LogP contribution in [0.4, 0.5) is 0 Å². The molecule has 0 aliphatic heterocycles. The van der Waals surface area contributed by atoms with Gasteiger partial charge in [-0.3, -0.25) is 4.79 Å². The molecule has 0 radical (unpaired) electrons. The molecular formula is C15H13ClO2. The van der Waals surface area contributed by atoms with Crippen LogP contribution in [0.3, 0.4) is 0 Å². The molecule has 3 heteroatoms. The Morgan fingerprint density at radius 1 is 1.17 bits per heavy atom. The molecular weight excluding hydrogens is 248 g/mol. The van der Waals surface area contributed by atoms with E-state index in [1.807, 2.05) is 30.3 Å². The highest BCUT2D eigenvalue weighted by Crippen LogP contribution is 2.26. The van der Waals surface area contributed by atoms with E-state index >= 15 is 0 Å².